The van der Waals surface area contributed by atoms with E-state index in [0.29, 0.717) is 5.92 Å². The molecular formula is C23H24ClN3. The number of halogens is 1. The zero-order valence-electron chi connectivity index (χ0n) is 15.3. The highest BCUT2D eigenvalue weighted by Gasteiger charge is 2.25. The predicted octanol–water partition coefficient (Wildman–Crippen LogP) is 5.22. The van der Waals surface area contributed by atoms with Crippen molar-refractivity contribution in [3.8, 4) is 0 Å². The van der Waals surface area contributed by atoms with E-state index in [4.69, 9.17) is 17.3 Å². The minimum absolute atomic E-state index is 0.616. The van der Waals surface area contributed by atoms with Gasteiger partial charge in [-0.2, -0.15) is 0 Å². The topological polar surface area (TPSA) is 45.0 Å². The van der Waals surface area contributed by atoms with Gasteiger partial charge < -0.3 is 10.7 Å². The summed E-state index contributed by atoms with van der Waals surface area (Å²) in [6.07, 6.45) is 8.02. The summed E-state index contributed by atoms with van der Waals surface area (Å²) >= 11 is 6.21. The molecule has 1 aromatic heterocycles. The first-order chi connectivity index (χ1) is 13.2. The average Bonchev–Trinajstić information content (AvgIpc) is 3.26. The molecule has 1 aliphatic heterocycles. The summed E-state index contributed by atoms with van der Waals surface area (Å²) in [7, 11) is 0. The maximum atomic E-state index is 6.21. The number of nitrogen functional groups attached to an aromatic ring is 1. The largest absolute Gasteiger partial charge is 0.399 e. The monoisotopic (exact) mass is 377 g/mol. The lowest BCUT2D eigenvalue weighted by Gasteiger charge is -2.29. The Bertz CT molecular complexity index is 1030. The first-order valence-corrected chi connectivity index (χ1v) is 10.1. The van der Waals surface area contributed by atoms with Crippen molar-refractivity contribution in [1.82, 2.24) is 9.88 Å². The van der Waals surface area contributed by atoms with E-state index in [-0.39, 0.29) is 0 Å². The quantitative estimate of drug-likeness (QED) is 0.614. The second-order valence-electron chi connectivity index (χ2n) is 7.83. The van der Waals surface area contributed by atoms with E-state index in [0.717, 1.165) is 42.3 Å². The van der Waals surface area contributed by atoms with E-state index in [1.807, 2.05) is 12.1 Å². The number of aromatic nitrogens is 1. The third kappa shape index (κ3) is 3.15. The van der Waals surface area contributed by atoms with Crippen LogP contribution in [0.4, 0.5) is 5.69 Å². The highest BCUT2D eigenvalue weighted by atomic mass is 35.5. The molecule has 0 saturated heterocycles. The number of benzene rings is 2. The van der Waals surface area contributed by atoms with Crippen LogP contribution >= 0.6 is 11.6 Å². The SMILES string of the molecule is Nc1ccc2c(c1)C(CN1CC=C(c3c[nH]c4ccc(Cl)cc34)CC1)CC2. The third-order valence-corrected chi connectivity index (χ3v) is 6.37. The number of anilines is 1. The van der Waals surface area contributed by atoms with E-state index < -0.39 is 0 Å². The number of nitrogens with zero attached hydrogens (tertiary/aromatic N) is 1. The molecule has 2 heterocycles. The number of nitrogens with one attached hydrogen (secondary N) is 1. The molecule has 0 spiro atoms. The number of rotatable bonds is 3. The summed E-state index contributed by atoms with van der Waals surface area (Å²) < 4.78 is 0. The molecule has 4 heteroatoms. The number of H-pyrrole nitrogens is 1. The summed E-state index contributed by atoms with van der Waals surface area (Å²) in [6, 6.07) is 12.5. The molecule has 0 amide bonds. The van der Waals surface area contributed by atoms with Gasteiger partial charge in [0.1, 0.15) is 0 Å². The molecule has 2 aromatic carbocycles. The molecule has 0 fully saturated rings. The van der Waals surface area contributed by atoms with Crippen LogP contribution in [0.1, 0.15) is 35.4 Å². The summed E-state index contributed by atoms with van der Waals surface area (Å²) in [5.74, 6) is 0.616. The molecule has 0 radical (unpaired) electrons. The molecule has 1 atom stereocenters. The highest BCUT2D eigenvalue weighted by Crippen LogP contribution is 2.36. The lowest BCUT2D eigenvalue weighted by molar-refractivity contribution is 0.281. The van der Waals surface area contributed by atoms with Gasteiger partial charge in [0.05, 0.1) is 0 Å². The molecule has 2 aliphatic rings. The molecular weight excluding hydrogens is 354 g/mol. The summed E-state index contributed by atoms with van der Waals surface area (Å²) in [5.41, 5.74) is 13.7. The standard InChI is InChI=1S/C23H24ClN3/c24-18-4-6-23-21(11-18)22(13-26-23)16-7-9-27(10-8-16)14-17-2-1-15-3-5-19(25)12-20(15)17/h3-7,11-13,17,26H,1-2,8-10,14,25H2. The van der Waals surface area contributed by atoms with Crippen LogP contribution in [-0.4, -0.2) is 29.5 Å². The fourth-order valence-corrected chi connectivity index (χ4v) is 4.86. The fraction of sp³-hybridized carbons (Fsp3) is 0.304. The lowest BCUT2D eigenvalue weighted by atomic mass is 9.96. The van der Waals surface area contributed by atoms with Gasteiger partial charge in [0.25, 0.3) is 0 Å². The Morgan fingerprint density at radius 1 is 1.15 bits per heavy atom. The van der Waals surface area contributed by atoms with Gasteiger partial charge in [0.2, 0.25) is 0 Å². The highest BCUT2D eigenvalue weighted by molar-refractivity contribution is 6.31. The number of hydrogen-bond acceptors (Lipinski definition) is 2. The lowest BCUT2D eigenvalue weighted by Crippen LogP contribution is -2.32. The maximum Gasteiger partial charge on any atom is 0.0461 e. The van der Waals surface area contributed by atoms with Crippen LogP contribution in [0.25, 0.3) is 16.5 Å². The van der Waals surface area contributed by atoms with Crippen LogP contribution in [0.5, 0.6) is 0 Å². The molecule has 138 valence electrons. The first kappa shape index (κ1) is 16.9. The van der Waals surface area contributed by atoms with Crippen molar-refractivity contribution in [3.63, 3.8) is 0 Å². The Kier molecular flexibility index (Phi) is 4.22. The van der Waals surface area contributed by atoms with E-state index in [1.54, 1.807) is 0 Å². The number of hydrogen-bond donors (Lipinski definition) is 2. The van der Waals surface area contributed by atoms with Crippen LogP contribution in [0.15, 0.2) is 48.7 Å². The van der Waals surface area contributed by atoms with Crippen LogP contribution in [0.3, 0.4) is 0 Å². The Labute approximate surface area is 164 Å². The van der Waals surface area contributed by atoms with Gasteiger partial charge in [0, 0.05) is 53.0 Å². The molecule has 3 nitrogen and oxygen atoms in total. The zero-order chi connectivity index (χ0) is 18.4. The van der Waals surface area contributed by atoms with Crippen molar-refractivity contribution in [2.45, 2.75) is 25.2 Å². The van der Waals surface area contributed by atoms with Crippen LogP contribution in [-0.2, 0) is 6.42 Å². The fourth-order valence-electron chi connectivity index (χ4n) is 4.69. The van der Waals surface area contributed by atoms with Gasteiger partial charge in [0.15, 0.2) is 0 Å². The predicted molar refractivity (Wildman–Crippen MR) is 114 cm³/mol. The summed E-state index contributed by atoms with van der Waals surface area (Å²) in [4.78, 5) is 5.95. The zero-order valence-corrected chi connectivity index (χ0v) is 16.1. The minimum Gasteiger partial charge on any atom is -0.399 e. The summed E-state index contributed by atoms with van der Waals surface area (Å²) in [6.45, 7) is 3.24. The van der Waals surface area contributed by atoms with E-state index >= 15 is 0 Å². The molecule has 27 heavy (non-hydrogen) atoms. The number of nitrogens with two attached hydrogens (primary N) is 1. The normalized spacial score (nSPS) is 20.0. The van der Waals surface area contributed by atoms with Crippen molar-refractivity contribution in [2.75, 3.05) is 25.4 Å². The Morgan fingerprint density at radius 3 is 2.93 bits per heavy atom. The van der Waals surface area contributed by atoms with Gasteiger partial charge in [-0.15, -0.1) is 0 Å². The van der Waals surface area contributed by atoms with Crippen LogP contribution < -0.4 is 5.73 Å². The van der Waals surface area contributed by atoms with Crippen LogP contribution in [0.2, 0.25) is 5.02 Å². The van der Waals surface area contributed by atoms with Crippen LogP contribution in [0, 0.1) is 0 Å². The molecule has 0 saturated carbocycles. The minimum atomic E-state index is 0.616. The Hall–Kier alpha value is -2.23. The second-order valence-corrected chi connectivity index (χ2v) is 8.26. The van der Waals surface area contributed by atoms with Crippen molar-refractivity contribution >= 4 is 33.8 Å². The third-order valence-electron chi connectivity index (χ3n) is 6.13. The maximum absolute atomic E-state index is 6.21. The van der Waals surface area contributed by atoms with Crippen molar-refractivity contribution in [3.05, 3.63) is 70.4 Å². The van der Waals surface area contributed by atoms with Gasteiger partial charge in [-0.25, -0.2) is 0 Å². The molecule has 0 bridgehead atoms. The molecule has 1 unspecified atom stereocenters. The second kappa shape index (κ2) is 6.74. The summed E-state index contributed by atoms with van der Waals surface area (Å²) in [5, 5.41) is 2.02. The number of fused-ring (bicyclic) bond motifs is 2. The molecule has 1 aliphatic carbocycles. The molecule has 5 rings (SSSR count). The Morgan fingerprint density at radius 2 is 2.07 bits per heavy atom. The van der Waals surface area contributed by atoms with Crippen molar-refractivity contribution < 1.29 is 0 Å². The molecule has 3 aromatic rings. The van der Waals surface area contributed by atoms with Crippen molar-refractivity contribution in [2.24, 2.45) is 0 Å². The number of aryl methyl sites for hydroxylation is 1. The van der Waals surface area contributed by atoms with Gasteiger partial charge in [-0.05, 0) is 72.2 Å². The van der Waals surface area contributed by atoms with Gasteiger partial charge >= 0.3 is 0 Å². The van der Waals surface area contributed by atoms with E-state index in [2.05, 4.69) is 46.4 Å². The van der Waals surface area contributed by atoms with Gasteiger partial charge in [-0.1, -0.05) is 23.7 Å². The average molecular weight is 378 g/mol. The van der Waals surface area contributed by atoms with E-state index in [9.17, 15) is 0 Å². The van der Waals surface area contributed by atoms with Crippen molar-refractivity contribution in [1.29, 1.82) is 0 Å². The van der Waals surface area contributed by atoms with E-state index in [1.165, 1.54) is 40.5 Å². The number of aromatic amines is 1. The molecule has 3 N–H and O–H groups in total. The smallest absolute Gasteiger partial charge is 0.0461 e. The first-order valence-electron chi connectivity index (χ1n) is 9.74. The van der Waals surface area contributed by atoms with Gasteiger partial charge in [-0.3, -0.25) is 4.90 Å². The Balaban J connectivity index is 1.32.